The molecular weight excluding hydrogens is 288 g/mol. The fourth-order valence-corrected chi connectivity index (χ4v) is 0. The monoisotopic (exact) mass is 296 g/mol. The average Bonchev–Trinajstić information content (AvgIpc) is 0. The van der Waals surface area contributed by atoms with Gasteiger partial charge in [0.25, 0.3) is 0 Å². The summed E-state index contributed by atoms with van der Waals surface area (Å²) in [5.74, 6) is 0. The molecule has 0 saturated carbocycles. The molecule has 0 nitrogen and oxygen atoms in total. The summed E-state index contributed by atoms with van der Waals surface area (Å²) >= 11 is 0. The SMILES string of the molecule is [BaH2].[CaH2].[NaH].[SrH2]. The van der Waals surface area contributed by atoms with Crippen LogP contribution in [0.2, 0.25) is 0 Å². The van der Waals surface area contributed by atoms with E-state index in [1.54, 1.807) is 0 Å². The van der Waals surface area contributed by atoms with Crippen LogP contribution in [0.5, 0.6) is 0 Å². The van der Waals surface area contributed by atoms with Crippen LogP contribution in [0.4, 0.5) is 0 Å². The first-order chi connectivity index (χ1) is 0. The molecule has 0 aromatic rings. The summed E-state index contributed by atoms with van der Waals surface area (Å²) in [6.45, 7) is 0. The molecule has 0 N–H and O–H groups in total. The van der Waals surface area contributed by atoms with Crippen molar-refractivity contribution < 1.29 is 0 Å². The average molecular weight is 295 g/mol. The van der Waals surface area contributed by atoms with Crippen molar-refractivity contribution in [2.24, 2.45) is 0 Å². The van der Waals surface area contributed by atoms with Gasteiger partial charge in [0.1, 0.15) is 0 Å². The van der Waals surface area contributed by atoms with Crippen LogP contribution in [0.15, 0.2) is 0 Å². The Labute approximate surface area is 156 Å². The van der Waals surface area contributed by atoms with E-state index in [2.05, 4.69) is 0 Å². The molecule has 0 unspecified atom stereocenters. The van der Waals surface area contributed by atoms with Gasteiger partial charge in [-0.05, 0) is 0 Å². The summed E-state index contributed by atoms with van der Waals surface area (Å²) in [4.78, 5) is 0. The van der Waals surface area contributed by atoms with E-state index in [-0.39, 0.29) is 162 Å². The van der Waals surface area contributed by atoms with E-state index >= 15 is 0 Å². The molecule has 0 aliphatic rings. The first-order valence-corrected chi connectivity index (χ1v) is 0. The molecule has 0 bridgehead atoms. The molecule has 4 heteroatoms. The van der Waals surface area contributed by atoms with E-state index < -0.39 is 0 Å². The Hall–Kier alpha value is 5.31. The second-order valence-corrected chi connectivity index (χ2v) is 0. The van der Waals surface area contributed by atoms with Crippen LogP contribution < -0.4 is 0 Å². The van der Waals surface area contributed by atoms with E-state index in [4.69, 9.17) is 0 Å². The van der Waals surface area contributed by atoms with Crippen molar-refractivity contribution in [3.8, 4) is 0 Å². The minimum atomic E-state index is 0. The van der Waals surface area contributed by atoms with Gasteiger partial charge >= 0.3 is 162 Å². The third-order valence-corrected chi connectivity index (χ3v) is 0. The molecule has 0 heterocycles. The van der Waals surface area contributed by atoms with E-state index in [0.29, 0.717) is 0 Å². The molecule has 0 saturated heterocycles. The molecule has 4 heavy (non-hydrogen) atoms. The summed E-state index contributed by atoms with van der Waals surface area (Å²) in [5, 5.41) is 0. The van der Waals surface area contributed by atoms with Gasteiger partial charge in [-0.25, -0.2) is 0 Å². The minimum absolute atomic E-state index is 0. The van der Waals surface area contributed by atoms with Crippen molar-refractivity contribution in [2.45, 2.75) is 0 Å². The first-order valence-electron chi connectivity index (χ1n) is 0. The zero-order valence-corrected chi connectivity index (χ0v) is 0. The molecule has 0 fully saturated rings. The van der Waals surface area contributed by atoms with E-state index in [0.717, 1.165) is 0 Å². The number of rotatable bonds is 0. The molecule has 14 valence electrons. The van der Waals surface area contributed by atoms with Crippen LogP contribution in [0.3, 0.4) is 0 Å². The van der Waals surface area contributed by atoms with Gasteiger partial charge in [0.05, 0.1) is 0 Å². The van der Waals surface area contributed by atoms with Gasteiger partial charge < -0.3 is 0 Å². The van der Waals surface area contributed by atoms with Crippen LogP contribution in [-0.2, 0) is 0 Å². The molecular formula is H7BaCaNaSr. The normalized spacial score (nSPS) is 0. The zero-order chi connectivity index (χ0) is 0. The van der Waals surface area contributed by atoms with Crippen LogP contribution in [0, 0.1) is 0 Å². The molecule has 0 aromatic carbocycles. The Balaban J connectivity index is 0. The van der Waals surface area contributed by atoms with Gasteiger partial charge in [-0.15, -0.1) is 0 Å². The fourth-order valence-electron chi connectivity index (χ4n) is 0. The Morgan fingerprint density at radius 1 is 1.00 bits per heavy atom. The standard InChI is InChI=1S/Ba.Ca.Na.Sr.7H. The zero-order valence-electron chi connectivity index (χ0n) is 0. The molecule has 0 rings (SSSR count). The molecule has 0 aliphatic carbocycles. The van der Waals surface area contributed by atoms with Gasteiger partial charge in [-0.1, -0.05) is 0 Å². The van der Waals surface area contributed by atoms with Gasteiger partial charge in [-0.3, -0.25) is 0 Å². The Morgan fingerprint density at radius 3 is 1.00 bits per heavy atom. The molecule has 0 amide bonds. The van der Waals surface area contributed by atoms with Gasteiger partial charge in [-0.2, -0.15) is 0 Å². The van der Waals surface area contributed by atoms with Gasteiger partial charge in [0.2, 0.25) is 0 Å². The Kier molecular flexibility index (Phi) is 89.8. The van der Waals surface area contributed by atoms with E-state index in [9.17, 15) is 0 Å². The molecule has 0 aliphatic heterocycles. The Bertz CT molecular complexity index is 8.00. The van der Waals surface area contributed by atoms with Crippen molar-refractivity contribution in [1.29, 1.82) is 0 Å². The molecule has 0 atom stereocenters. The van der Waals surface area contributed by atoms with Crippen molar-refractivity contribution in [3.05, 3.63) is 0 Å². The number of hydrogen-bond donors (Lipinski definition) is 0. The third-order valence-electron chi connectivity index (χ3n) is 0. The van der Waals surface area contributed by atoms with Gasteiger partial charge in [0, 0.05) is 0 Å². The third kappa shape index (κ3) is 10.3. The summed E-state index contributed by atoms with van der Waals surface area (Å²) in [6.07, 6.45) is 0. The maximum absolute atomic E-state index is 0. The molecule has 0 aromatic heterocycles. The van der Waals surface area contributed by atoms with Crippen LogP contribution in [-0.4, -0.2) is 162 Å². The summed E-state index contributed by atoms with van der Waals surface area (Å²) in [5.41, 5.74) is 0. The summed E-state index contributed by atoms with van der Waals surface area (Å²) in [6, 6.07) is 0. The van der Waals surface area contributed by atoms with Crippen LogP contribution in [0.1, 0.15) is 0 Å². The quantitative estimate of drug-likeness (QED) is 0.409. The van der Waals surface area contributed by atoms with Crippen molar-refractivity contribution in [2.75, 3.05) is 0 Å². The second kappa shape index (κ2) is 15.7. The predicted molar refractivity (Wildman–Crippen MR) is 32.8 cm³/mol. The number of hydrogen-bond acceptors (Lipinski definition) is 0. The summed E-state index contributed by atoms with van der Waals surface area (Å²) < 4.78 is 0. The second-order valence-electron chi connectivity index (χ2n) is 0. The van der Waals surface area contributed by atoms with Crippen molar-refractivity contribution in [1.82, 2.24) is 0 Å². The van der Waals surface area contributed by atoms with E-state index in [1.165, 1.54) is 0 Å². The van der Waals surface area contributed by atoms with Crippen LogP contribution in [0.25, 0.3) is 0 Å². The van der Waals surface area contributed by atoms with Crippen LogP contribution >= 0.6 is 0 Å². The predicted octanol–water partition coefficient (Wildman–Crippen LogP) is -3.40. The molecule has 0 radical (unpaired) electrons. The first kappa shape index (κ1) is 22.8. The Morgan fingerprint density at radius 2 is 1.00 bits per heavy atom. The van der Waals surface area contributed by atoms with E-state index in [1.807, 2.05) is 0 Å². The fraction of sp³-hybridized carbons (Fsp3) is 0. The van der Waals surface area contributed by atoms with Crippen molar-refractivity contribution in [3.63, 3.8) is 0 Å². The van der Waals surface area contributed by atoms with Crippen molar-refractivity contribution >= 4 is 162 Å². The maximum atomic E-state index is 0. The van der Waals surface area contributed by atoms with Gasteiger partial charge in [0.15, 0.2) is 0 Å². The topological polar surface area (TPSA) is 0 Å². The summed E-state index contributed by atoms with van der Waals surface area (Å²) in [7, 11) is 0. The molecule has 0 spiro atoms.